The van der Waals surface area contributed by atoms with Gasteiger partial charge in [0.2, 0.25) is 0 Å². The van der Waals surface area contributed by atoms with E-state index in [0.717, 1.165) is 16.8 Å². The van der Waals surface area contributed by atoms with Gasteiger partial charge in [-0.2, -0.15) is 0 Å². The van der Waals surface area contributed by atoms with E-state index in [4.69, 9.17) is 10.8 Å². The third kappa shape index (κ3) is 3.46. The zero-order valence-electron chi connectivity index (χ0n) is 13.3. The molecule has 118 valence electrons. The van der Waals surface area contributed by atoms with Crippen molar-refractivity contribution in [3.63, 3.8) is 0 Å². The number of aromatic nitrogens is 2. The monoisotopic (exact) mass is 301 g/mol. The van der Waals surface area contributed by atoms with Gasteiger partial charge in [0.1, 0.15) is 12.0 Å². The minimum atomic E-state index is 0.0526. The van der Waals surface area contributed by atoms with Crippen LogP contribution in [0, 0.1) is 13.8 Å². The second-order valence-electron chi connectivity index (χ2n) is 5.21. The van der Waals surface area contributed by atoms with Crippen LogP contribution in [0.2, 0.25) is 0 Å². The van der Waals surface area contributed by atoms with Crippen molar-refractivity contribution >= 4 is 23.0 Å². The average Bonchev–Trinajstić information content (AvgIpc) is 2.51. The molecule has 0 aliphatic rings. The maximum absolute atomic E-state index is 9.15. The fourth-order valence-electron chi connectivity index (χ4n) is 2.27. The van der Waals surface area contributed by atoms with E-state index >= 15 is 0 Å². The summed E-state index contributed by atoms with van der Waals surface area (Å²) in [6, 6.07) is 6.18. The van der Waals surface area contributed by atoms with Gasteiger partial charge in [-0.15, -0.1) is 0 Å². The number of nitrogens with zero attached hydrogens (tertiary/aromatic N) is 3. The summed E-state index contributed by atoms with van der Waals surface area (Å²) in [7, 11) is 0. The summed E-state index contributed by atoms with van der Waals surface area (Å²) in [6.07, 6.45) is 1.49. The maximum Gasteiger partial charge on any atom is 0.159 e. The number of anilines is 4. The number of hydrogen-bond acceptors (Lipinski definition) is 6. The molecule has 4 N–H and O–H groups in total. The lowest BCUT2D eigenvalue weighted by molar-refractivity contribution is 0.302. The third-order valence-corrected chi connectivity index (χ3v) is 3.56. The molecule has 0 saturated heterocycles. The molecule has 2 rings (SSSR count). The first kappa shape index (κ1) is 16.0. The minimum Gasteiger partial charge on any atom is -0.395 e. The Morgan fingerprint density at radius 1 is 1.27 bits per heavy atom. The molecular weight excluding hydrogens is 278 g/mol. The molecule has 0 amide bonds. The van der Waals surface area contributed by atoms with E-state index in [9.17, 15) is 0 Å². The molecule has 0 spiro atoms. The van der Waals surface area contributed by atoms with Crippen molar-refractivity contribution in [3.05, 3.63) is 35.7 Å². The molecule has 0 aliphatic heterocycles. The lowest BCUT2D eigenvalue weighted by Gasteiger charge is -2.23. The van der Waals surface area contributed by atoms with Crippen LogP contribution in [0.15, 0.2) is 24.5 Å². The van der Waals surface area contributed by atoms with Crippen LogP contribution < -0.4 is 16.0 Å². The molecule has 0 unspecified atom stereocenters. The Morgan fingerprint density at radius 2 is 2.05 bits per heavy atom. The highest BCUT2D eigenvalue weighted by molar-refractivity contribution is 5.79. The number of benzene rings is 1. The van der Waals surface area contributed by atoms with Gasteiger partial charge in [0.25, 0.3) is 0 Å². The third-order valence-electron chi connectivity index (χ3n) is 3.56. The van der Waals surface area contributed by atoms with Crippen LogP contribution in [0.3, 0.4) is 0 Å². The Balaban J connectivity index is 2.34. The van der Waals surface area contributed by atoms with E-state index in [-0.39, 0.29) is 6.61 Å². The van der Waals surface area contributed by atoms with Crippen molar-refractivity contribution < 1.29 is 5.11 Å². The Morgan fingerprint density at radius 3 is 2.73 bits per heavy atom. The first-order valence-corrected chi connectivity index (χ1v) is 7.37. The summed E-state index contributed by atoms with van der Waals surface area (Å²) in [5.74, 6) is 1.22. The first-order valence-electron chi connectivity index (χ1n) is 7.37. The van der Waals surface area contributed by atoms with Gasteiger partial charge in [0.05, 0.1) is 6.61 Å². The smallest absolute Gasteiger partial charge is 0.159 e. The molecular formula is C16H23N5O. The fraction of sp³-hybridized carbons (Fsp3) is 0.375. The summed E-state index contributed by atoms with van der Waals surface area (Å²) in [6.45, 7) is 7.32. The Labute approximate surface area is 131 Å². The van der Waals surface area contributed by atoms with Gasteiger partial charge < -0.3 is 21.1 Å². The molecule has 6 nitrogen and oxygen atoms in total. The number of nitrogens with two attached hydrogens (primary N) is 1. The van der Waals surface area contributed by atoms with Crippen molar-refractivity contribution in [1.82, 2.24) is 9.97 Å². The number of nitrogen functional groups attached to an aromatic ring is 1. The van der Waals surface area contributed by atoms with E-state index in [1.165, 1.54) is 6.33 Å². The van der Waals surface area contributed by atoms with E-state index in [0.29, 0.717) is 30.4 Å². The number of hydrogen-bond donors (Lipinski definition) is 3. The van der Waals surface area contributed by atoms with Crippen molar-refractivity contribution in [2.75, 3.05) is 35.6 Å². The van der Waals surface area contributed by atoms with Gasteiger partial charge in [-0.05, 0) is 38.0 Å². The quantitative estimate of drug-likeness (QED) is 0.758. The van der Waals surface area contributed by atoms with Crippen molar-refractivity contribution in [2.24, 2.45) is 0 Å². The minimum absolute atomic E-state index is 0.0526. The summed E-state index contributed by atoms with van der Waals surface area (Å²) in [4.78, 5) is 10.4. The lowest BCUT2D eigenvalue weighted by Crippen LogP contribution is -2.28. The molecule has 0 aliphatic carbocycles. The molecule has 1 aromatic carbocycles. The highest BCUT2D eigenvalue weighted by Crippen LogP contribution is 2.29. The lowest BCUT2D eigenvalue weighted by atomic mass is 10.1. The summed E-state index contributed by atoms with van der Waals surface area (Å²) >= 11 is 0. The van der Waals surface area contributed by atoms with Crippen LogP contribution in [0.5, 0.6) is 0 Å². The van der Waals surface area contributed by atoms with E-state index < -0.39 is 0 Å². The standard InChI is InChI=1S/C16H23N5O/c1-4-21(7-8-22)16-14(17)15(18-10-19-16)20-13-9-11(2)5-6-12(13)3/h5-6,9-10,22H,4,7-8,17H2,1-3H3,(H,18,19,20). The first-order chi connectivity index (χ1) is 10.6. The molecule has 2 aromatic rings. The SMILES string of the molecule is CCN(CCO)c1ncnc(Nc2cc(C)ccc2C)c1N. The van der Waals surface area contributed by atoms with Crippen LogP contribution in [0.25, 0.3) is 0 Å². The highest BCUT2D eigenvalue weighted by atomic mass is 16.3. The number of aliphatic hydroxyl groups excluding tert-OH is 1. The Hall–Kier alpha value is -2.34. The topological polar surface area (TPSA) is 87.3 Å². The second-order valence-corrected chi connectivity index (χ2v) is 5.21. The Bertz CT molecular complexity index is 644. The zero-order valence-corrected chi connectivity index (χ0v) is 13.3. The van der Waals surface area contributed by atoms with Crippen LogP contribution in [-0.4, -0.2) is 34.8 Å². The van der Waals surface area contributed by atoms with Gasteiger partial charge in [-0.3, -0.25) is 0 Å². The molecule has 6 heteroatoms. The highest BCUT2D eigenvalue weighted by Gasteiger charge is 2.14. The zero-order chi connectivity index (χ0) is 16.1. The molecule has 0 atom stereocenters. The molecule has 1 aromatic heterocycles. The van der Waals surface area contributed by atoms with Gasteiger partial charge >= 0.3 is 0 Å². The second kappa shape index (κ2) is 7.09. The number of likely N-dealkylation sites (N-methyl/N-ethyl adjacent to an activating group) is 1. The normalized spacial score (nSPS) is 10.5. The molecule has 1 heterocycles. The van der Waals surface area contributed by atoms with Gasteiger partial charge in [0, 0.05) is 18.8 Å². The van der Waals surface area contributed by atoms with Gasteiger partial charge in [-0.25, -0.2) is 9.97 Å². The largest absolute Gasteiger partial charge is 0.395 e. The summed E-state index contributed by atoms with van der Waals surface area (Å²) < 4.78 is 0. The van der Waals surface area contributed by atoms with Crippen molar-refractivity contribution in [1.29, 1.82) is 0 Å². The van der Waals surface area contributed by atoms with Gasteiger partial charge in [-0.1, -0.05) is 12.1 Å². The molecule has 22 heavy (non-hydrogen) atoms. The van der Waals surface area contributed by atoms with E-state index in [2.05, 4.69) is 33.5 Å². The predicted molar refractivity (Wildman–Crippen MR) is 90.6 cm³/mol. The van der Waals surface area contributed by atoms with Crippen molar-refractivity contribution in [2.45, 2.75) is 20.8 Å². The van der Waals surface area contributed by atoms with Crippen LogP contribution >= 0.6 is 0 Å². The molecule has 0 saturated carbocycles. The molecule has 0 bridgehead atoms. The molecule has 0 fully saturated rings. The summed E-state index contributed by atoms with van der Waals surface area (Å²) in [5, 5.41) is 12.4. The number of rotatable bonds is 6. The fourth-order valence-corrected chi connectivity index (χ4v) is 2.27. The molecule has 0 radical (unpaired) electrons. The van der Waals surface area contributed by atoms with Crippen LogP contribution in [0.1, 0.15) is 18.1 Å². The average molecular weight is 301 g/mol. The van der Waals surface area contributed by atoms with Gasteiger partial charge in [0.15, 0.2) is 11.6 Å². The van der Waals surface area contributed by atoms with E-state index in [1.807, 2.05) is 25.7 Å². The number of aryl methyl sites for hydroxylation is 2. The summed E-state index contributed by atoms with van der Waals surface area (Å²) in [5.41, 5.74) is 9.96. The number of nitrogens with one attached hydrogen (secondary N) is 1. The van der Waals surface area contributed by atoms with Crippen LogP contribution in [-0.2, 0) is 0 Å². The Kier molecular flexibility index (Phi) is 5.16. The van der Waals surface area contributed by atoms with E-state index in [1.54, 1.807) is 0 Å². The maximum atomic E-state index is 9.15. The number of aliphatic hydroxyl groups is 1. The van der Waals surface area contributed by atoms with Crippen molar-refractivity contribution in [3.8, 4) is 0 Å². The van der Waals surface area contributed by atoms with Crippen LogP contribution in [0.4, 0.5) is 23.0 Å². The predicted octanol–water partition coefficient (Wildman–Crippen LogP) is 2.24.